The molecule has 0 spiro atoms. The summed E-state index contributed by atoms with van der Waals surface area (Å²) in [5.74, 6) is 0. The Kier molecular flexibility index (Phi) is 3.53. The summed E-state index contributed by atoms with van der Waals surface area (Å²) >= 11 is 0. The highest BCUT2D eigenvalue weighted by molar-refractivity contribution is 7.91. The fourth-order valence-corrected chi connectivity index (χ4v) is 3.38. The molecule has 2 aromatic carbocycles. The predicted molar refractivity (Wildman–Crippen MR) is 76.6 cm³/mol. The molecule has 0 fully saturated rings. The molecule has 0 atom stereocenters. The van der Waals surface area contributed by atoms with Crippen LogP contribution < -0.4 is 11.5 Å². The number of nitrogens with two attached hydrogens (primary N) is 2. The van der Waals surface area contributed by atoms with Gasteiger partial charge in [0, 0.05) is 11.4 Å². The molecule has 2 aromatic rings. The number of benzene rings is 2. The van der Waals surface area contributed by atoms with E-state index in [2.05, 4.69) is 0 Å². The first kappa shape index (κ1) is 14.4. The average molecular weight is 298 g/mol. The Morgan fingerprint density at radius 1 is 0.810 bits per heavy atom. The third-order valence-corrected chi connectivity index (χ3v) is 4.70. The molecule has 0 saturated carbocycles. The zero-order chi connectivity index (χ0) is 15.6. The van der Waals surface area contributed by atoms with Gasteiger partial charge in [0.25, 0.3) is 0 Å². The number of hydrogen-bond acceptors (Lipinski definition) is 6. The second kappa shape index (κ2) is 5.16. The van der Waals surface area contributed by atoms with Gasteiger partial charge in [-0.1, -0.05) is 0 Å². The molecule has 21 heavy (non-hydrogen) atoms. The van der Waals surface area contributed by atoms with Gasteiger partial charge < -0.3 is 11.5 Å². The summed E-state index contributed by atoms with van der Waals surface area (Å²) in [4.78, 5) is -0.388. The van der Waals surface area contributed by atoms with Crippen molar-refractivity contribution in [2.45, 2.75) is 9.79 Å². The number of nitrogens with zero attached hydrogens (tertiary/aromatic N) is 2. The molecular formula is C14H10N4O2S. The van der Waals surface area contributed by atoms with Gasteiger partial charge in [-0.25, -0.2) is 8.42 Å². The van der Waals surface area contributed by atoms with E-state index >= 15 is 0 Å². The lowest BCUT2D eigenvalue weighted by Gasteiger charge is -2.09. The van der Waals surface area contributed by atoms with E-state index < -0.39 is 9.84 Å². The van der Waals surface area contributed by atoms with Crippen molar-refractivity contribution in [3.05, 3.63) is 47.5 Å². The predicted octanol–water partition coefficient (Wildman–Crippen LogP) is 1.43. The Bertz CT molecular complexity index is 836. The molecule has 2 rings (SSSR count). The molecule has 0 aliphatic rings. The normalized spacial score (nSPS) is 10.6. The minimum absolute atomic E-state index is 0.0734. The Labute approximate surface area is 121 Å². The van der Waals surface area contributed by atoms with E-state index in [4.69, 9.17) is 22.0 Å². The fourth-order valence-electron chi connectivity index (χ4n) is 1.86. The quantitative estimate of drug-likeness (QED) is 0.805. The number of sulfone groups is 1. The Hall–Kier alpha value is -3.03. The van der Waals surface area contributed by atoms with Crippen molar-refractivity contribution in [3.8, 4) is 12.1 Å². The van der Waals surface area contributed by atoms with Crippen LogP contribution in [0.4, 0.5) is 11.4 Å². The SMILES string of the molecule is N#Cc1cc(N)ccc1S(=O)(=O)c1ccc(N)cc1C#N. The Morgan fingerprint density at radius 3 is 1.52 bits per heavy atom. The summed E-state index contributed by atoms with van der Waals surface area (Å²) in [5, 5.41) is 18.1. The van der Waals surface area contributed by atoms with Crippen molar-refractivity contribution >= 4 is 21.2 Å². The van der Waals surface area contributed by atoms with Crippen molar-refractivity contribution < 1.29 is 8.42 Å². The van der Waals surface area contributed by atoms with Crippen molar-refractivity contribution in [1.82, 2.24) is 0 Å². The maximum Gasteiger partial charge on any atom is 0.209 e. The number of anilines is 2. The molecule has 0 saturated heterocycles. The van der Waals surface area contributed by atoms with Crippen LogP contribution in [0.25, 0.3) is 0 Å². The van der Waals surface area contributed by atoms with Crippen LogP contribution in [0.15, 0.2) is 46.2 Å². The summed E-state index contributed by atoms with van der Waals surface area (Å²) in [7, 11) is -4.01. The molecule has 0 aromatic heterocycles. The minimum Gasteiger partial charge on any atom is -0.399 e. The van der Waals surface area contributed by atoms with E-state index in [-0.39, 0.29) is 32.3 Å². The van der Waals surface area contributed by atoms with Crippen LogP contribution in [-0.4, -0.2) is 8.42 Å². The van der Waals surface area contributed by atoms with Crippen LogP contribution in [0.2, 0.25) is 0 Å². The summed E-state index contributed by atoms with van der Waals surface area (Å²) in [6, 6.07) is 11.4. The molecule has 0 bridgehead atoms. The number of nitriles is 2. The van der Waals surface area contributed by atoms with Crippen LogP contribution in [0.1, 0.15) is 11.1 Å². The summed E-state index contributed by atoms with van der Waals surface area (Å²) in [6.45, 7) is 0. The Balaban J connectivity index is 2.76. The lowest BCUT2D eigenvalue weighted by molar-refractivity contribution is 0.595. The van der Waals surface area contributed by atoms with Crippen molar-refractivity contribution in [2.75, 3.05) is 11.5 Å². The molecule has 7 heteroatoms. The summed E-state index contributed by atoms with van der Waals surface area (Å²) < 4.78 is 25.3. The van der Waals surface area contributed by atoms with E-state index in [1.807, 2.05) is 0 Å². The largest absolute Gasteiger partial charge is 0.399 e. The summed E-state index contributed by atoms with van der Waals surface area (Å²) in [5.41, 5.74) is 11.5. The van der Waals surface area contributed by atoms with Gasteiger partial charge in [-0.15, -0.1) is 0 Å². The molecule has 0 amide bonds. The third kappa shape index (κ3) is 2.50. The highest BCUT2D eigenvalue weighted by Crippen LogP contribution is 2.28. The topological polar surface area (TPSA) is 134 Å². The van der Waals surface area contributed by atoms with Gasteiger partial charge >= 0.3 is 0 Å². The molecule has 104 valence electrons. The number of rotatable bonds is 2. The van der Waals surface area contributed by atoms with Crippen molar-refractivity contribution in [3.63, 3.8) is 0 Å². The molecule has 0 aliphatic heterocycles. The number of nitrogen functional groups attached to an aromatic ring is 2. The first-order chi connectivity index (χ1) is 9.90. The average Bonchev–Trinajstić information content (AvgIpc) is 2.46. The van der Waals surface area contributed by atoms with Gasteiger partial charge in [0.1, 0.15) is 12.1 Å². The second-order valence-corrected chi connectivity index (χ2v) is 6.12. The third-order valence-electron chi connectivity index (χ3n) is 2.83. The number of hydrogen-bond donors (Lipinski definition) is 2. The van der Waals surface area contributed by atoms with Gasteiger partial charge in [-0.2, -0.15) is 10.5 Å². The van der Waals surface area contributed by atoms with Gasteiger partial charge in [0.05, 0.1) is 20.9 Å². The van der Waals surface area contributed by atoms with Crippen LogP contribution in [0, 0.1) is 22.7 Å². The highest BCUT2D eigenvalue weighted by Gasteiger charge is 2.24. The lowest BCUT2D eigenvalue weighted by atomic mass is 10.2. The Morgan fingerprint density at radius 2 is 1.19 bits per heavy atom. The molecule has 0 unspecified atom stereocenters. The maximum absolute atomic E-state index is 12.6. The standard InChI is InChI=1S/C14H10N4O2S/c15-7-9-5-11(17)1-3-13(9)21(19,20)14-4-2-12(18)6-10(14)8-16/h1-6H,17-18H2. The van der Waals surface area contributed by atoms with Gasteiger partial charge in [0.2, 0.25) is 9.84 Å². The van der Waals surface area contributed by atoms with Crippen LogP contribution in [0.5, 0.6) is 0 Å². The van der Waals surface area contributed by atoms with E-state index in [1.54, 1.807) is 12.1 Å². The van der Waals surface area contributed by atoms with Crippen molar-refractivity contribution in [2.24, 2.45) is 0 Å². The zero-order valence-electron chi connectivity index (χ0n) is 10.7. The molecule has 0 aliphatic carbocycles. The van der Waals surface area contributed by atoms with Crippen LogP contribution in [-0.2, 0) is 9.84 Å². The second-order valence-electron chi connectivity index (χ2n) is 4.24. The molecule has 0 heterocycles. The van der Waals surface area contributed by atoms with Crippen LogP contribution in [0.3, 0.4) is 0 Å². The van der Waals surface area contributed by atoms with Gasteiger partial charge in [-0.3, -0.25) is 0 Å². The summed E-state index contributed by atoms with van der Waals surface area (Å²) in [6.07, 6.45) is 0. The molecular weight excluding hydrogens is 288 g/mol. The van der Waals surface area contributed by atoms with E-state index in [0.29, 0.717) is 0 Å². The first-order valence-electron chi connectivity index (χ1n) is 5.74. The molecule has 4 N–H and O–H groups in total. The zero-order valence-corrected chi connectivity index (χ0v) is 11.6. The maximum atomic E-state index is 12.6. The van der Waals surface area contributed by atoms with E-state index in [1.165, 1.54) is 36.4 Å². The minimum atomic E-state index is -4.01. The van der Waals surface area contributed by atoms with E-state index in [9.17, 15) is 8.42 Å². The first-order valence-corrected chi connectivity index (χ1v) is 7.23. The smallest absolute Gasteiger partial charge is 0.209 e. The van der Waals surface area contributed by atoms with Gasteiger partial charge in [-0.05, 0) is 36.4 Å². The van der Waals surface area contributed by atoms with Crippen molar-refractivity contribution in [1.29, 1.82) is 10.5 Å². The fraction of sp³-hybridized carbons (Fsp3) is 0. The molecule has 0 radical (unpaired) electrons. The van der Waals surface area contributed by atoms with Crippen LogP contribution >= 0.6 is 0 Å². The highest BCUT2D eigenvalue weighted by atomic mass is 32.2. The van der Waals surface area contributed by atoms with Gasteiger partial charge in [0.15, 0.2) is 0 Å². The van der Waals surface area contributed by atoms with E-state index in [0.717, 1.165) is 0 Å². The lowest BCUT2D eigenvalue weighted by Crippen LogP contribution is -2.07. The monoisotopic (exact) mass is 298 g/mol. The molecule has 6 nitrogen and oxygen atoms in total.